The summed E-state index contributed by atoms with van der Waals surface area (Å²) in [5.74, 6) is -0.161. The summed E-state index contributed by atoms with van der Waals surface area (Å²) in [6, 6.07) is 4.92. The third-order valence-corrected chi connectivity index (χ3v) is 3.14. The number of hydrogen-bond acceptors (Lipinski definition) is 5. The van der Waals surface area contributed by atoms with E-state index >= 15 is 0 Å². The fraction of sp³-hybridized carbons (Fsp3) is 0.462. The average molecular weight is 264 g/mol. The van der Waals surface area contributed by atoms with Crippen LogP contribution in [0, 0.1) is 0 Å². The van der Waals surface area contributed by atoms with Gasteiger partial charge >= 0.3 is 0 Å². The van der Waals surface area contributed by atoms with Crippen LogP contribution in [0.2, 0.25) is 0 Å². The van der Waals surface area contributed by atoms with Crippen LogP contribution in [0.15, 0.2) is 18.2 Å². The Morgan fingerprint density at radius 2 is 2.05 bits per heavy atom. The molecule has 2 rings (SSSR count). The molecular formula is C13H20N4O2. The third kappa shape index (κ3) is 3.84. The summed E-state index contributed by atoms with van der Waals surface area (Å²) >= 11 is 0. The first kappa shape index (κ1) is 13.6. The molecule has 19 heavy (non-hydrogen) atoms. The van der Waals surface area contributed by atoms with Crippen LogP contribution in [0.25, 0.3) is 0 Å². The van der Waals surface area contributed by atoms with Gasteiger partial charge in [-0.15, -0.1) is 0 Å². The Hall–Kier alpha value is -1.79. The number of hydrogen-bond donors (Lipinski definition) is 3. The topological polar surface area (TPSA) is 93.6 Å². The maximum atomic E-state index is 11.9. The molecule has 1 aliphatic heterocycles. The van der Waals surface area contributed by atoms with Crippen LogP contribution in [0.3, 0.4) is 0 Å². The number of rotatable bonds is 4. The van der Waals surface area contributed by atoms with Gasteiger partial charge in [-0.25, -0.2) is 0 Å². The van der Waals surface area contributed by atoms with Crippen molar-refractivity contribution in [1.82, 2.24) is 10.2 Å². The van der Waals surface area contributed by atoms with E-state index in [0.717, 1.165) is 32.8 Å². The molecule has 0 aromatic heterocycles. The first-order valence-electron chi connectivity index (χ1n) is 6.40. The quantitative estimate of drug-likeness (QED) is 0.661. The first-order valence-corrected chi connectivity index (χ1v) is 6.40. The summed E-state index contributed by atoms with van der Waals surface area (Å²) in [5, 5.41) is 2.86. The third-order valence-electron chi connectivity index (χ3n) is 3.14. The average Bonchev–Trinajstić information content (AvgIpc) is 2.39. The zero-order chi connectivity index (χ0) is 13.7. The van der Waals surface area contributed by atoms with Crippen LogP contribution in [0.4, 0.5) is 11.4 Å². The van der Waals surface area contributed by atoms with Crippen LogP contribution in [-0.4, -0.2) is 50.2 Å². The van der Waals surface area contributed by atoms with Gasteiger partial charge in [0.25, 0.3) is 5.91 Å². The highest BCUT2D eigenvalue weighted by molar-refractivity contribution is 5.99. The number of nitrogen functional groups attached to an aromatic ring is 2. The van der Waals surface area contributed by atoms with Gasteiger partial charge in [0.2, 0.25) is 0 Å². The minimum Gasteiger partial charge on any atom is -0.399 e. The van der Waals surface area contributed by atoms with Gasteiger partial charge in [-0.2, -0.15) is 0 Å². The lowest BCUT2D eigenvalue weighted by molar-refractivity contribution is 0.0383. The van der Waals surface area contributed by atoms with Gasteiger partial charge in [0.1, 0.15) is 0 Å². The lowest BCUT2D eigenvalue weighted by Gasteiger charge is -2.26. The zero-order valence-corrected chi connectivity index (χ0v) is 10.9. The van der Waals surface area contributed by atoms with Crippen molar-refractivity contribution in [3.63, 3.8) is 0 Å². The largest absolute Gasteiger partial charge is 0.399 e. The van der Waals surface area contributed by atoms with E-state index in [1.165, 1.54) is 0 Å². The van der Waals surface area contributed by atoms with Gasteiger partial charge in [0, 0.05) is 37.6 Å². The number of ether oxygens (including phenoxy) is 1. The Labute approximate surface area is 112 Å². The molecule has 6 nitrogen and oxygen atoms in total. The number of nitrogens with two attached hydrogens (primary N) is 2. The number of amides is 1. The van der Waals surface area contributed by atoms with Crippen LogP contribution in [0.1, 0.15) is 10.4 Å². The maximum absolute atomic E-state index is 11.9. The van der Waals surface area contributed by atoms with E-state index in [2.05, 4.69) is 10.2 Å². The van der Waals surface area contributed by atoms with E-state index in [1.54, 1.807) is 18.2 Å². The molecule has 1 aliphatic rings. The van der Waals surface area contributed by atoms with Crippen LogP contribution < -0.4 is 16.8 Å². The SMILES string of the molecule is Nc1ccc(C(=O)NCCN2CCOCC2)c(N)c1. The number of anilines is 2. The standard InChI is InChI=1S/C13H20N4O2/c14-10-1-2-11(12(15)9-10)13(18)16-3-4-17-5-7-19-8-6-17/h1-2,9H,3-8,14-15H2,(H,16,18). The molecule has 0 aliphatic carbocycles. The fourth-order valence-corrected chi connectivity index (χ4v) is 2.04. The molecule has 0 unspecified atom stereocenters. The molecule has 0 radical (unpaired) electrons. The Balaban J connectivity index is 1.80. The molecule has 1 heterocycles. The summed E-state index contributed by atoms with van der Waals surface area (Å²) in [4.78, 5) is 14.2. The summed E-state index contributed by atoms with van der Waals surface area (Å²) in [5.41, 5.74) is 12.8. The first-order chi connectivity index (χ1) is 9.16. The molecule has 1 fully saturated rings. The highest BCUT2D eigenvalue weighted by Gasteiger charge is 2.12. The number of carbonyl (C=O) groups is 1. The second kappa shape index (κ2) is 6.40. The highest BCUT2D eigenvalue weighted by Crippen LogP contribution is 2.15. The van der Waals surface area contributed by atoms with Crippen LogP contribution in [0.5, 0.6) is 0 Å². The van der Waals surface area contributed by atoms with E-state index in [4.69, 9.17) is 16.2 Å². The molecule has 0 spiro atoms. The molecule has 6 heteroatoms. The summed E-state index contributed by atoms with van der Waals surface area (Å²) in [7, 11) is 0. The monoisotopic (exact) mass is 264 g/mol. The number of morpholine rings is 1. The van der Waals surface area contributed by atoms with Gasteiger partial charge in [0.05, 0.1) is 18.8 Å². The van der Waals surface area contributed by atoms with Crippen molar-refractivity contribution in [1.29, 1.82) is 0 Å². The van der Waals surface area contributed by atoms with Crippen molar-refractivity contribution < 1.29 is 9.53 Å². The summed E-state index contributed by atoms with van der Waals surface area (Å²) < 4.78 is 5.27. The highest BCUT2D eigenvalue weighted by atomic mass is 16.5. The van der Waals surface area contributed by atoms with Crippen molar-refractivity contribution in [2.24, 2.45) is 0 Å². The maximum Gasteiger partial charge on any atom is 0.253 e. The molecule has 104 valence electrons. The number of benzene rings is 1. The normalized spacial score (nSPS) is 16.2. The summed E-state index contributed by atoms with van der Waals surface area (Å²) in [6.07, 6.45) is 0. The van der Waals surface area contributed by atoms with Gasteiger partial charge < -0.3 is 21.5 Å². The minimum atomic E-state index is -0.161. The smallest absolute Gasteiger partial charge is 0.253 e. The van der Waals surface area contributed by atoms with Crippen LogP contribution in [-0.2, 0) is 4.74 Å². The Bertz CT molecular complexity index is 444. The minimum absolute atomic E-state index is 0.161. The number of carbonyl (C=O) groups excluding carboxylic acids is 1. The van der Waals surface area contributed by atoms with Crippen molar-refractivity contribution >= 4 is 17.3 Å². The molecule has 0 saturated carbocycles. The second-order valence-corrected chi connectivity index (χ2v) is 4.56. The predicted octanol–water partition coefficient (Wildman–Crippen LogP) is -0.0870. The molecule has 0 atom stereocenters. The zero-order valence-electron chi connectivity index (χ0n) is 10.9. The number of nitrogens with zero attached hydrogens (tertiary/aromatic N) is 1. The Kier molecular flexibility index (Phi) is 4.59. The molecule has 1 aromatic rings. The van der Waals surface area contributed by atoms with E-state index in [-0.39, 0.29) is 5.91 Å². The van der Waals surface area contributed by atoms with Crippen molar-refractivity contribution in [3.8, 4) is 0 Å². The van der Waals surface area contributed by atoms with Gasteiger partial charge in [-0.05, 0) is 18.2 Å². The van der Waals surface area contributed by atoms with E-state index in [1.807, 2.05) is 0 Å². The molecule has 1 amide bonds. The fourth-order valence-electron chi connectivity index (χ4n) is 2.04. The molecule has 1 aromatic carbocycles. The number of nitrogens with one attached hydrogen (secondary N) is 1. The van der Waals surface area contributed by atoms with Gasteiger partial charge in [-0.1, -0.05) is 0 Å². The van der Waals surface area contributed by atoms with E-state index in [0.29, 0.717) is 23.5 Å². The second-order valence-electron chi connectivity index (χ2n) is 4.56. The molecule has 5 N–H and O–H groups in total. The van der Waals surface area contributed by atoms with Gasteiger partial charge in [-0.3, -0.25) is 9.69 Å². The lowest BCUT2D eigenvalue weighted by atomic mass is 10.1. The van der Waals surface area contributed by atoms with E-state index in [9.17, 15) is 4.79 Å². The van der Waals surface area contributed by atoms with Gasteiger partial charge in [0.15, 0.2) is 0 Å². The van der Waals surface area contributed by atoms with Crippen molar-refractivity contribution in [3.05, 3.63) is 23.8 Å². The van der Waals surface area contributed by atoms with E-state index < -0.39 is 0 Å². The van der Waals surface area contributed by atoms with Crippen molar-refractivity contribution in [2.75, 3.05) is 50.9 Å². The molecule has 0 bridgehead atoms. The summed E-state index contributed by atoms with van der Waals surface area (Å²) in [6.45, 7) is 4.78. The predicted molar refractivity (Wildman–Crippen MR) is 74.9 cm³/mol. The molecular weight excluding hydrogens is 244 g/mol. The molecule has 1 saturated heterocycles. The lowest BCUT2D eigenvalue weighted by Crippen LogP contribution is -2.41. The Morgan fingerprint density at radius 1 is 1.32 bits per heavy atom. The Morgan fingerprint density at radius 3 is 2.74 bits per heavy atom. The van der Waals surface area contributed by atoms with Crippen molar-refractivity contribution in [2.45, 2.75) is 0 Å². The van der Waals surface area contributed by atoms with Crippen LogP contribution >= 0.6 is 0 Å².